The fraction of sp³-hybridized carbons (Fsp3) is 0.529. The van der Waals surface area contributed by atoms with Crippen molar-refractivity contribution >= 4 is 15.9 Å². The molecule has 1 aliphatic rings. The molecule has 1 aliphatic heterocycles. The molecular formula is C17H23N5O4S. The maximum atomic E-state index is 12.9. The molecule has 1 unspecified atom stereocenters. The van der Waals surface area contributed by atoms with Gasteiger partial charge in [-0.1, -0.05) is 23.3 Å². The Bertz CT molecular complexity index is 905. The number of nitrogens with zero attached hydrogens (tertiary/aromatic N) is 5. The molecule has 9 nitrogen and oxygen atoms in total. The van der Waals surface area contributed by atoms with Crippen LogP contribution in [0.5, 0.6) is 0 Å². The van der Waals surface area contributed by atoms with Crippen molar-refractivity contribution in [2.24, 2.45) is 5.92 Å². The molecule has 2 heterocycles. The van der Waals surface area contributed by atoms with Gasteiger partial charge in [-0.3, -0.25) is 0 Å². The molecule has 1 saturated heterocycles. The summed E-state index contributed by atoms with van der Waals surface area (Å²) in [6.45, 7) is 6.20. The van der Waals surface area contributed by atoms with Crippen molar-refractivity contribution in [3.05, 3.63) is 30.3 Å². The van der Waals surface area contributed by atoms with Crippen LogP contribution in [0.3, 0.4) is 0 Å². The normalized spacial score (nSPS) is 17.9. The zero-order valence-corrected chi connectivity index (χ0v) is 16.4. The molecule has 0 saturated carbocycles. The number of ether oxygens (including phenoxy) is 1. The lowest BCUT2D eigenvalue weighted by atomic mass is 10.2. The summed E-state index contributed by atoms with van der Waals surface area (Å²) in [5.74, 6) is -0.317. The molecule has 2 aromatic rings. The number of hydrogen-bond donors (Lipinski definition) is 0. The van der Waals surface area contributed by atoms with Crippen molar-refractivity contribution in [3.63, 3.8) is 0 Å². The van der Waals surface area contributed by atoms with Gasteiger partial charge >= 0.3 is 6.09 Å². The molecule has 146 valence electrons. The smallest absolute Gasteiger partial charge is 0.410 e. The Morgan fingerprint density at radius 1 is 1.26 bits per heavy atom. The van der Waals surface area contributed by atoms with E-state index >= 15 is 0 Å². The largest absolute Gasteiger partial charge is 0.444 e. The number of likely N-dealkylation sites (tertiary alicyclic amines) is 1. The minimum Gasteiger partial charge on any atom is -0.444 e. The number of benzene rings is 1. The van der Waals surface area contributed by atoms with Crippen LogP contribution in [-0.4, -0.2) is 64.1 Å². The summed E-state index contributed by atoms with van der Waals surface area (Å²) in [5.41, 5.74) is -0.0122. The average molecular weight is 393 g/mol. The van der Waals surface area contributed by atoms with Gasteiger partial charge in [-0.25, -0.2) is 13.2 Å². The minimum atomic E-state index is -3.72. The zero-order chi connectivity index (χ0) is 19.7. The second kappa shape index (κ2) is 7.26. The van der Waals surface area contributed by atoms with Crippen molar-refractivity contribution in [1.82, 2.24) is 25.1 Å². The van der Waals surface area contributed by atoms with E-state index in [-0.39, 0.29) is 16.8 Å². The molecule has 0 radical (unpaired) electrons. The van der Waals surface area contributed by atoms with Crippen LogP contribution in [-0.2, 0) is 14.6 Å². The number of sulfone groups is 1. The molecule has 1 amide bonds. The van der Waals surface area contributed by atoms with Crippen LogP contribution in [0, 0.1) is 5.92 Å². The number of tetrazole rings is 1. The van der Waals surface area contributed by atoms with Gasteiger partial charge in [0.2, 0.25) is 9.84 Å². The van der Waals surface area contributed by atoms with Gasteiger partial charge in [-0.05, 0) is 55.7 Å². The van der Waals surface area contributed by atoms with E-state index in [2.05, 4.69) is 15.5 Å². The van der Waals surface area contributed by atoms with Crippen molar-refractivity contribution in [1.29, 1.82) is 0 Å². The highest BCUT2D eigenvalue weighted by Gasteiger charge is 2.34. The lowest BCUT2D eigenvalue weighted by molar-refractivity contribution is 0.0289. The number of carbonyl (C=O) groups is 1. The Morgan fingerprint density at radius 3 is 2.63 bits per heavy atom. The van der Waals surface area contributed by atoms with E-state index in [1.165, 1.54) is 4.68 Å². The fourth-order valence-electron chi connectivity index (χ4n) is 2.95. The highest BCUT2D eigenvalue weighted by molar-refractivity contribution is 7.91. The topological polar surface area (TPSA) is 107 Å². The van der Waals surface area contributed by atoms with Crippen LogP contribution in [0.4, 0.5) is 4.79 Å². The Morgan fingerprint density at radius 2 is 1.96 bits per heavy atom. The monoisotopic (exact) mass is 393 g/mol. The first-order valence-corrected chi connectivity index (χ1v) is 10.4. The lowest BCUT2D eigenvalue weighted by Crippen LogP contribution is -2.35. The van der Waals surface area contributed by atoms with Crippen molar-refractivity contribution in [3.8, 4) is 5.69 Å². The summed E-state index contributed by atoms with van der Waals surface area (Å²) in [6.07, 6.45) is 0.169. The van der Waals surface area contributed by atoms with Gasteiger partial charge in [0.1, 0.15) is 5.60 Å². The molecule has 0 spiro atoms. The number of rotatable bonds is 4. The summed E-state index contributed by atoms with van der Waals surface area (Å²) >= 11 is 0. The van der Waals surface area contributed by atoms with Gasteiger partial charge < -0.3 is 9.64 Å². The Kier molecular flexibility index (Phi) is 5.18. The van der Waals surface area contributed by atoms with Gasteiger partial charge in [0.25, 0.3) is 5.16 Å². The van der Waals surface area contributed by atoms with Gasteiger partial charge in [0.15, 0.2) is 0 Å². The average Bonchev–Trinajstić information content (AvgIpc) is 3.23. The third kappa shape index (κ3) is 4.62. The van der Waals surface area contributed by atoms with Gasteiger partial charge in [-0.2, -0.15) is 4.68 Å². The Hall–Kier alpha value is -2.49. The first kappa shape index (κ1) is 19.3. The molecule has 27 heavy (non-hydrogen) atoms. The summed E-state index contributed by atoms with van der Waals surface area (Å²) in [6, 6.07) is 8.85. The SMILES string of the molecule is CC(C)(C)OC(=O)N1CCC(CS(=O)(=O)c2nnnn2-c2ccccc2)C1. The molecule has 3 rings (SSSR count). The molecule has 1 fully saturated rings. The van der Waals surface area contributed by atoms with E-state index in [9.17, 15) is 13.2 Å². The van der Waals surface area contributed by atoms with Crippen LogP contribution in [0.15, 0.2) is 35.5 Å². The minimum absolute atomic E-state index is 0.125. The summed E-state index contributed by atoms with van der Waals surface area (Å²) in [4.78, 5) is 13.7. The molecule has 0 bridgehead atoms. The van der Waals surface area contributed by atoms with Gasteiger partial charge in [-0.15, -0.1) is 0 Å². The van der Waals surface area contributed by atoms with E-state index in [0.717, 1.165) is 0 Å². The van der Waals surface area contributed by atoms with Crippen molar-refractivity contribution in [2.75, 3.05) is 18.8 Å². The van der Waals surface area contributed by atoms with Crippen LogP contribution >= 0.6 is 0 Å². The maximum Gasteiger partial charge on any atom is 0.410 e. The predicted molar refractivity (Wildman–Crippen MR) is 97.1 cm³/mol. The van der Waals surface area contributed by atoms with Gasteiger partial charge in [0, 0.05) is 13.1 Å². The van der Waals surface area contributed by atoms with Crippen LogP contribution in [0.2, 0.25) is 0 Å². The van der Waals surface area contributed by atoms with Gasteiger partial charge in [0.05, 0.1) is 11.4 Å². The number of amides is 1. The van der Waals surface area contributed by atoms with Crippen LogP contribution in [0.25, 0.3) is 5.69 Å². The second-order valence-electron chi connectivity index (χ2n) is 7.57. The molecule has 10 heteroatoms. The predicted octanol–water partition coefficient (Wildman–Crippen LogP) is 1.69. The highest BCUT2D eigenvalue weighted by Crippen LogP contribution is 2.23. The Labute approximate surface area is 158 Å². The second-order valence-corrected chi connectivity index (χ2v) is 9.50. The summed E-state index contributed by atoms with van der Waals surface area (Å²) in [5, 5.41) is 10.9. The van der Waals surface area contributed by atoms with E-state index in [1.54, 1.807) is 49.9 Å². The first-order valence-electron chi connectivity index (χ1n) is 8.70. The Balaban J connectivity index is 1.70. The van der Waals surface area contributed by atoms with E-state index in [4.69, 9.17) is 4.74 Å². The summed E-state index contributed by atoms with van der Waals surface area (Å²) < 4.78 is 32.3. The van der Waals surface area contributed by atoms with Crippen LogP contribution in [0.1, 0.15) is 27.2 Å². The number of carbonyl (C=O) groups excluding carboxylic acids is 1. The van der Waals surface area contributed by atoms with Crippen molar-refractivity contribution in [2.45, 2.75) is 37.9 Å². The maximum absolute atomic E-state index is 12.9. The molecule has 0 aliphatic carbocycles. The number of para-hydroxylation sites is 1. The quantitative estimate of drug-likeness (QED) is 0.778. The fourth-order valence-corrected chi connectivity index (χ4v) is 4.56. The molecule has 1 aromatic carbocycles. The lowest BCUT2D eigenvalue weighted by Gasteiger charge is -2.24. The molecule has 1 atom stereocenters. The van der Waals surface area contributed by atoms with E-state index < -0.39 is 21.5 Å². The van der Waals surface area contributed by atoms with E-state index in [0.29, 0.717) is 25.2 Å². The van der Waals surface area contributed by atoms with Crippen molar-refractivity contribution < 1.29 is 17.9 Å². The molecule has 1 aromatic heterocycles. The van der Waals surface area contributed by atoms with E-state index in [1.807, 2.05) is 6.07 Å². The molecule has 0 N–H and O–H groups in total. The number of aromatic nitrogens is 4. The highest BCUT2D eigenvalue weighted by atomic mass is 32.2. The zero-order valence-electron chi connectivity index (χ0n) is 15.6. The third-order valence-corrected chi connectivity index (χ3v) is 5.83. The number of hydrogen-bond acceptors (Lipinski definition) is 7. The first-order chi connectivity index (χ1) is 12.7. The third-order valence-electron chi connectivity index (χ3n) is 4.11. The molecular weight excluding hydrogens is 370 g/mol. The standard InChI is InChI=1S/C17H23N5O4S/c1-17(2,3)26-16(23)21-10-9-13(11-21)12-27(24,25)15-18-19-20-22(15)14-7-5-4-6-8-14/h4-8,13H,9-12H2,1-3H3. The van der Waals surface area contributed by atoms with Crippen LogP contribution < -0.4 is 0 Å². The summed E-state index contributed by atoms with van der Waals surface area (Å²) in [7, 11) is -3.72.